The Morgan fingerprint density at radius 2 is 1.76 bits per heavy atom. The molecule has 0 atom stereocenters. The van der Waals surface area contributed by atoms with Gasteiger partial charge in [0.15, 0.2) is 0 Å². The van der Waals surface area contributed by atoms with Crippen LogP contribution in [0.3, 0.4) is 0 Å². The lowest BCUT2D eigenvalue weighted by molar-refractivity contribution is -0.145. The Hall–Kier alpha value is -1.55. The van der Waals surface area contributed by atoms with Gasteiger partial charge in [0.25, 0.3) is 0 Å². The molecule has 0 heterocycles. The second kappa shape index (κ2) is 10.2. The SMILES string of the molecule is CCCOC(=O)CCCC(=O)OCCc1cccc(Cl)c1. The lowest BCUT2D eigenvalue weighted by Gasteiger charge is -2.05. The predicted octanol–water partition coefficient (Wildman–Crippen LogP) is 3.55. The first kappa shape index (κ1) is 17.5. The summed E-state index contributed by atoms with van der Waals surface area (Å²) >= 11 is 5.87. The molecule has 21 heavy (non-hydrogen) atoms. The standard InChI is InChI=1S/C16H21ClO4/c1-2-10-20-15(18)7-4-8-16(19)21-11-9-13-5-3-6-14(17)12-13/h3,5-6,12H,2,4,7-11H2,1H3. The molecule has 0 bridgehead atoms. The van der Waals surface area contributed by atoms with Crippen molar-refractivity contribution in [2.24, 2.45) is 0 Å². The quantitative estimate of drug-likeness (QED) is 0.654. The number of hydrogen-bond donors (Lipinski definition) is 0. The van der Waals surface area contributed by atoms with Crippen molar-refractivity contribution in [3.05, 3.63) is 34.9 Å². The fraction of sp³-hybridized carbons (Fsp3) is 0.500. The summed E-state index contributed by atoms with van der Waals surface area (Å²) in [6, 6.07) is 7.44. The van der Waals surface area contributed by atoms with Crippen molar-refractivity contribution < 1.29 is 19.1 Å². The van der Waals surface area contributed by atoms with Crippen LogP contribution < -0.4 is 0 Å². The summed E-state index contributed by atoms with van der Waals surface area (Å²) in [6.07, 6.45) is 2.38. The Bertz CT molecular complexity index is 459. The van der Waals surface area contributed by atoms with Crippen LogP contribution in [0.5, 0.6) is 0 Å². The van der Waals surface area contributed by atoms with E-state index in [2.05, 4.69) is 0 Å². The van der Waals surface area contributed by atoms with Gasteiger partial charge in [-0.2, -0.15) is 0 Å². The molecule has 0 aliphatic heterocycles. The van der Waals surface area contributed by atoms with Crippen molar-refractivity contribution >= 4 is 23.5 Å². The zero-order valence-corrected chi connectivity index (χ0v) is 13.0. The Kier molecular flexibility index (Phi) is 8.51. The second-order valence-corrected chi connectivity index (χ2v) is 5.11. The van der Waals surface area contributed by atoms with Crippen LogP contribution in [0.4, 0.5) is 0 Å². The molecule has 0 aliphatic rings. The van der Waals surface area contributed by atoms with Crippen molar-refractivity contribution in [3.8, 4) is 0 Å². The maximum Gasteiger partial charge on any atom is 0.305 e. The maximum atomic E-state index is 11.5. The molecule has 0 radical (unpaired) electrons. The van der Waals surface area contributed by atoms with E-state index in [-0.39, 0.29) is 24.8 Å². The van der Waals surface area contributed by atoms with E-state index in [4.69, 9.17) is 21.1 Å². The highest BCUT2D eigenvalue weighted by molar-refractivity contribution is 6.30. The molecule has 0 fully saturated rings. The van der Waals surface area contributed by atoms with Crippen molar-refractivity contribution in [2.75, 3.05) is 13.2 Å². The maximum absolute atomic E-state index is 11.5. The molecule has 0 unspecified atom stereocenters. The van der Waals surface area contributed by atoms with Crippen LogP contribution in [0, 0.1) is 0 Å². The largest absolute Gasteiger partial charge is 0.466 e. The first-order valence-corrected chi connectivity index (χ1v) is 7.55. The van der Waals surface area contributed by atoms with E-state index < -0.39 is 0 Å². The molecule has 1 aromatic carbocycles. The molecule has 0 saturated carbocycles. The normalized spacial score (nSPS) is 10.2. The lowest BCUT2D eigenvalue weighted by atomic mass is 10.2. The molecule has 5 heteroatoms. The minimum absolute atomic E-state index is 0.233. The average molecular weight is 313 g/mol. The van der Waals surface area contributed by atoms with Gasteiger partial charge in [-0.1, -0.05) is 30.7 Å². The van der Waals surface area contributed by atoms with Crippen molar-refractivity contribution in [1.82, 2.24) is 0 Å². The van der Waals surface area contributed by atoms with E-state index in [1.807, 2.05) is 25.1 Å². The van der Waals surface area contributed by atoms with Gasteiger partial charge in [0.05, 0.1) is 13.2 Å². The zero-order chi connectivity index (χ0) is 15.5. The number of esters is 2. The fourth-order valence-electron chi connectivity index (χ4n) is 1.71. The number of carbonyl (C=O) groups is 2. The van der Waals surface area contributed by atoms with Gasteiger partial charge in [-0.3, -0.25) is 9.59 Å². The number of halogens is 1. The van der Waals surface area contributed by atoms with Gasteiger partial charge in [-0.25, -0.2) is 0 Å². The first-order valence-electron chi connectivity index (χ1n) is 7.17. The van der Waals surface area contributed by atoms with E-state index in [1.165, 1.54) is 0 Å². The van der Waals surface area contributed by atoms with Crippen LogP contribution in [0.15, 0.2) is 24.3 Å². The topological polar surface area (TPSA) is 52.6 Å². The van der Waals surface area contributed by atoms with Crippen LogP contribution in [0.1, 0.15) is 38.2 Å². The van der Waals surface area contributed by atoms with Crippen LogP contribution in [0.2, 0.25) is 5.02 Å². The molecule has 0 saturated heterocycles. The van der Waals surface area contributed by atoms with Crippen molar-refractivity contribution in [1.29, 1.82) is 0 Å². The minimum atomic E-state index is -0.291. The first-order chi connectivity index (χ1) is 10.1. The van der Waals surface area contributed by atoms with Crippen LogP contribution in [-0.2, 0) is 25.5 Å². The molecule has 4 nitrogen and oxygen atoms in total. The van der Waals surface area contributed by atoms with E-state index in [9.17, 15) is 9.59 Å². The van der Waals surface area contributed by atoms with E-state index in [0.29, 0.717) is 31.1 Å². The molecule has 0 amide bonds. The third-order valence-electron chi connectivity index (χ3n) is 2.77. The summed E-state index contributed by atoms with van der Waals surface area (Å²) < 4.78 is 10.0. The van der Waals surface area contributed by atoms with Gasteiger partial charge in [0.1, 0.15) is 0 Å². The lowest BCUT2D eigenvalue weighted by Crippen LogP contribution is -2.10. The average Bonchev–Trinajstić information content (AvgIpc) is 2.45. The van der Waals surface area contributed by atoms with E-state index in [0.717, 1.165) is 12.0 Å². The van der Waals surface area contributed by atoms with Gasteiger partial charge in [-0.05, 0) is 30.5 Å². The Balaban J connectivity index is 2.10. The molecular formula is C16H21ClO4. The van der Waals surface area contributed by atoms with E-state index >= 15 is 0 Å². The van der Waals surface area contributed by atoms with Crippen molar-refractivity contribution in [3.63, 3.8) is 0 Å². The van der Waals surface area contributed by atoms with Crippen LogP contribution in [0.25, 0.3) is 0 Å². The molecular weight excluding hydrogens is 292 g/mol. The Labute approximate surface area is 130 Å². The second-order valence-electron chi connectivity index (χ2n) is 4.67. The van der Waals surface area contributed by atoms with Crippen molar-refractivity contribution in [2.45, 2.75) is 39.0 Å². The summed E-state index contributed by atoms with van der Waals surface area (Å²) in [5.74, 6) is -0.552. The summed E-state index contributed by atoms with van der Waals surface area (Å²) in [4.78, 5) is 22.7. The summed E-state index contributed by atoms with van der Waals surface area (Å²) in [7, 11) is 0. The summed E-state index contributed by atoms with van der Waals surface area (Å²) in [5, 5.41) is 0.671. The third-order valence-corrected chi connectivity index (χ3v) is 3.01. The summed E-state index contributed by atoms with van der Waals surface area (Å²) in [6.45, 7) is 2.69. The highest BCUT2D eigenvalue weighted by Crippen LogP contribution is 2.11. The van der Waals surface area contributed by atoms with Crippen LogP contribution >= 0.6 is 11.6 Å². The molecule has 0 aliphatic carbocycles. The molecule has 116 valence electrons. The number of benzene rings is 1. The number of carbonyl (C=O) groups excluding carboxylic acids is 2. The molecule has 0 aromatic heterocycles. The van der Waals surface area contributed by atoms with Gasteiger partial charge >= 0.3 is 11.9 Å². The molecule has 1 aromatic rings. The Morgan fingerprint density at radius 3 is 2.38 bits per heavy atom. The van der Waals surface area contributed by atoms with Gasteiger partial charge in [-0.15, -0.1) is 0 Å². The van der Waals surface area contributed by atoms with Gasteiger partial charge in [0.2, 0.25) is 0 Å². The van der Waals surface area contributed by atoms with Gasteiger partial charge in [0, 0.05) is 24.3 Å². The zero-order valence-electron chi connectivity index (χ0n) is 12.3. The number of ether oxygens (including phenoxy) is 2. The third kappa shape index (κ3) is 8.35. The molecule has 1 rings (SSSR count). The Morgan fingerprint density at radius 1 is 1.10 bits per heavy atom. The predicted molar refractivity (Wildman–Crippen MR) is 81.2 cm³/mol. The van der Waals surface area contributed by atoms with Crippen LogP contribution in [-0.4, -0.2) is 25.2 Å². The highest BCUT2D eigenvalue weighted by Gasteiger charge is 2.07. The minimum Gasteiger partial charge on any atom is -0.466 e. The highest BCUT2D eigenvalue weighted by atomic mass is 35.5. The monoisotopic (exact) mass is 312 g/mol. The van der Waals surface area contributed by atoms with E-state index in [1.54, 1.807) is 6.07 Å². The van der Waals surface area contributed by atoms with Gasteiger partial charge < -0.3 is 9.47 Å². The molecule has 0 N–H and O–H groups in total. The fourth-order valence-corrected chi connectivity index (χ4v) is 1.93. The number of rotatable bonds is 9. The molecule has 0 spiro atoms. The number of hydrogen-bond acceptors (Lipinski definition) is 4. The smallest absolute Gasteiger partial charge is 0.305 e. The summed E-state index contributed by atoms with van der Waals surface area (Å²) in [5.41, 5.74) is 1.03.